The van der Waals surface area contributed by atoms with Crippen molar-refractivity contribution in [3.63, 3.8) is 0 Å². The van der Waals surface area contributed by atoms with Crippen molar-refractivity contribution in [3.05, 3.63) is 23.8 Å². The van der Waals surface area contributed by atoms with Gasteiger partial charge in [-0.1, -0.05) is 45.9 Å². The molecule has 0 saturated heterocycles. The van der Waals surface area contributed by atoms with E-state index in [0.717, 1.165) is 25.7 Å². The Morgan fingerprint density at radius 1 is 1.22 bits per heavy atom. The van der Waals surface area contributed by atoms with Crippen molar-refractivity contribution in [2.75, 3.05) is 0 Å². The van der Waals surface area contributed by atoms with Crippen LogP contribution in [0.3, 0.4) is 0 Å². The standard InChI is InChI=1S/C26H44O6/c1-7-26(5,6)25(31)32-23-13-17(2)12-20(14-23)10-8-18(3)19(4)9-11-21(27)15-22(28)16-24(29)30/h8,10,12,17-19,21-23,27-28H,7,9,11,13-16H2,1-6H3,(H,29,30)/b10-8-/t17-,18-,19-,21+,22+,23-/m0/s1. The molecule has 0 aromatic carbocycles. The number of carbonyl (C=O) groups is 2. The summed E-state index contributed by atoms with van der Waals surface area (Å²) >= 11 is 0. The maximum absolute atomic E-state index is 12.5. The van der Waals surface area contributed by atoms with Gasteiger partial charge in [0.2, 0.25) is 0 Å². The predicted molar refractivity (Wildman–Crippen MR) is 126 cm³/mol. The van der Waals surface area contributed by atoms with Gasteiger partial charge in [-0.2, -0.15) is 0 Å². The van der Waals surface area contributed by atoms with Crippen LogP contribution in [0.5, 0.6) is 0 Å². The second-order valence-corrected chi connectivity index (χ2v) is 10.3. The van der Waals surface area contributed by atoms with E-state index in [1.54, 1.807) is 0 Å². The first-order valence-corrected chi connectivity index (χ1v) is 12.0. The molecule has 0 spiro atoms. The van der Waals surface area contributed by atoms with Crippen molar-refractivity contribution in [2.24, 2.45) is 23.2 Å². The van der Waals surface area contributed by atoms with Crippen molar-refractivity contribution in [1.82, 2.24) is 0 Å². The molecule has 0 heterocycles. The third-order valence-electron chi connectivity index (χ3n) is 6.73. The summed E-state index contributed by atoms with van der Waals surface area (Å²) in [5, 5.41) is 28.4. The average molecular weight is 453 g/mol. The lowest BCUT2D eigenvalue weighted by atomic mass is 9.86. The lowest BCUT2D eigenvalue weighted by Crippen LogP contribution is -2.32. The number of carbonyl (C=O) groups excluding carboxylic acids is 1. The van der Waals surface area contributed by atoms with Crippen molar-refractivity contribution in [3.8, 4) is 0 Å². The molecule has 184 valence electrons. The van der Waals surface area contributed by atoms with E-state index in [1.807, 2.05) is 20.8 Å². The molecule has 1 aliphatic carbocycles. The zero-order valence-electron chi connectivity index (χ0n) is 20.7. The van der Waals surface area contributed by atoms with Gasteiger partial charge in [-0.15, -0.1) is 0 Å². The van der Waals surface area contributed by atoms with Crippen LogP contribution in [-0.2, 0) is 14.3 Å². The Kier molecular flexibility index (Phi) is 11.7. The predicted octanol–water partition coefficient (Wildman–Crippen LogP) is 4.89. The van der Waals surface area contributed by atoms with E-state index in [1.165, 1.54) is 5.57 Å². The average Bonchev–Trinajstić information content (AvgIpc) is 2.68. The summed E-state index contributed by atoms with van der Waals surface area (Å²) in [6.45, 7) is 12.3. The minimum Gasteiger partial charge on any atom is -0.481 e. The van der Waals surface area contributed by atoms with E-state index in [2.05, 4.69) is 39.0 Å². The molecule has 1 rings (SSSR count). The number of rotatable bonds is 13. The van der Waals surface area contributed by atoms with Gasteiger partial charge in [0, 0.05) is 6.42 Å². The van der Waals surface area contributed by atoms with Gasteiger partial charge >= 0.3 is 11.9 Å². The van der Waals surface area contributed by atoms with Crippen LogP contribution in [0, 0.1) is 23.2 Å². The fourth-order valence-electron chi connectivity index (χ4n) is 3.83. The molecule has 0 radical (unpaired) electrons. The van der Waals surface area contributed by atoms with Crippen LogP contribution < -0.4 is 0 Å². The third-order valence-corrected chi connectivity index (χ3v) is 6.73. The minimum atomic E-state index is -1.06. The highest BCUT2D eigenvalue weighted by Gasteiger charge is 2.31. The second kappa shape index (κ2) is 13.1. The molecule has 6 atom stereocenters. The second-order valence-electron chi connectivity index (χ2n) is 10.3. The Balaban J connectivity index is 2.54. The lowest BCUT2D eigenvalue weighted by molar-refractivity contribution is -0.160. The number of carboxylic acid groups (broad SMARTS) is 1. The Hall–Kier alpha value is -1.66. The summed E-state index contributed by atoms with van der Waals surface area (Å²) in [4.78, 5) is 23.1. The molecule has 0 aromatic rings. The Morgan fingerprint density at radius 3 is 2.47 bits per heavy atom. The molecule has 0 fully saturated rings. The highest BCUT2D eigenvalue weighted by Crippen LogP contribution is 2.30. The van der Waals surface area contributed by atoms with Gasteiger partial charge in [-0.3, -0.25) is 9.59 Å². The molecule has 6 heteroatoms. The topological polar surface area (TPSA) is 104 Å². The fourth-order valence-corrected chi connectivity index (χ4v) is 3.83. The molecule has 1 aliphatic rings. The van der Waals surface area contributed by atoms with Crippen LogP contribution in [-0.4, -0.2) is 45.6 Å². The molecule has 0 unspecified atom stereocenters. The zero-order valence-corrected chi connectivity index (χ0v) is 20.7. The molecular formula is C26H44O6. The molecule has 0 saturated carbocycles. The van der Waals surface area contributed by atoms with Crippen molar-refractivity contribution < 1.29 is 29.6 Å². The van der Waals surface area contributed by atoms with Gasteiger partial charge in [-0.05, 0) is 69.3 Å². The number of aliphatic hydroxyl groups excluding tert-OH is 2. The molecule has 6 nitrogen and oxygen atoms in total. The quantitative estimate of drug-likeness (QED) is 0.344. The Bertz CT molecular complexity index is 665. The maximum atomic E-state index is 12.5. The Morgan fingerprint density at radius 2 is 1.88 bits per heavy atom. The number of aliphatic hydroxyl groups is 2. The zero-order chi connectivity index (χ0) is 24.5. The van der Waals surface area contributed by atoms with E-state index in [9.17, 15) is 19.8 Å². The SMILES string of the molecule is CCC(C)(C)C(=O)O[C@@H]1CC(/C=C\[C@H](C)[C@@H](C)CC[C@@H](O)C[C@@H](O)CC(=O)O)=C[C@H](C)C1. The van der Waals surface area contributed by atoms with E-state index in [-0.39, 0.29) is 24.9 Å². The number of hydrogen-bond acceptors (Lipinski definition) is 5. The van der Waals surface area contributed by atoms with Crippen LogP contribution in [0.2, 0.25) is 0 Å². The van der Waals surface area contributed by atoms with E-state index < -0.39 is 23.6 Å². The van der Waals surface area contributed by atoms with Crippen molar-refractivity contribution in [2.45, 2.75) is 105 Å². The highest BCUT2D eigenvalue weighted by atomic mass is 16.5. The van der Waals surface area contributed by atoms with E-state index in [0.29, 0.717) is 24.2 Å². The largest absolute Gasteiger partial charge is 0.481 e. The van der Waals surface area contributed by atoms with Crippen LogP contribution >= 0.6 is 0 Å². The first-order valence-electron chi connectivity index (χ1n) is 12.0. The summed E-state index contributed by atoms with van der Waals surface area (Å²) in [5.41, 5.74) is 0.727. The lowest BCUT2D eigenvalue weighted by Gasteiger charge is -2.29. The molecule has 0 aliphatic heterocycles. The molecule has 3 N–H and O–H groups in total. The van der Waals surface area contributed by atoms with E-state index in [4.69, 9.17) is 9.84 Å². The van der Waals surface area contributed by atoms with Gasteiger partial charge in [0.1, 0.15) is 6.10 Å². The maximum Gasteiger partial charge on any atom is 0.311 e. The Labute approximate surface area is 193 Å². The van der Waals surface area contributed by atoms with Crippen LogP contribution in [0.25, 0.3) is 0 Å². The summed E-state index contributed by atoms with van der Waals surface area (Å²) in [6.07, 6.45) is 8.14. The highest BCUT2D eigenvalue weighted by molar-refractivity contribution is 5.76. The molecule has 0 amide bonds. The first-order chi connectivity index (χ1) is 14.8. The fraction of sp³-hybridized carbons (Fsp3) is 0.769. The molecular weight excluding hydrogens is 408 g/mol. The van der Waals surface area contributed by atoms with Crippen LogP contribution in [0.1, 0.15) is 86.5 Å². The first kappa shape index (κ1) is 28.4. The molecule has 0 aromatic heterocycles. The molecule has 0 bridgehead atoms. The van der Waals surface area contributed by atoms with Gasteiger partial charge in [-0.25, -0.2) is 0 Å². The monoisotopic (exact) mass is 452 g/mol. The van der Waals surface area contributed by atoms with Gasteiger partial charge in [0.05, 0.1) is 24.0 Å². The minimum absolute atomic E-state index is 0.0863. The van der Waals surface area contributed by atoms with Gasteiger partial charge < -0.3 is 20.1 Å². The summed E-state index contributed by atoms with van der Waals surface area (Å²) in [7, 11) is 0. The van der Waals surface area contributed by atoms with E-state index >= 15 is 0 Å². The number of carboxylic acids is 1. The van der Waals surface area contributed by atoms with Crippen LogP contribution in [0.15, 0.2) is 23.8 Å². The number of ether oxygens (including phenoxy) is 1. The van der Waals surface area contributed by atoms with Crippen LogP contribution in [0.4, 0.5) is 0 Å². The van der Waals surface area contributed by atoms with Gasteiger partial charge in [0.15, 0.2) is 0 Å². The smallest absolute Gasteiger partial charge is 0.311 e. The number of aliphatic carboxylic acids is 1. The number of esters is 1. The summed E-state index contributed by atoms with van der Waals surface area (Å²) < 4.78 is 5.82. The molecule has 32 heavy (non-hydrogen) atoms. The third kappa shape index (κ3) is 10.3. The van der Waals surface area contributed by atoms with Gasteiger partial charge in [0.25, 0.3) is 0 Å². The number of hydrogen-bond donors (Lipinski definition) is 3. The number of allylic oxidation sites excluding steroid dienone is 3. The van der Waals surface area contributed by atoms with Crippen molar-refractivity contribution >= 4 is 11.9 Å². The summed E-state index contributed by atoms with van der Waals surface area (Å²) in [6, 6.07) is 0. The summed E-state index contributed by atoms with van der Waals surface area (Å²) in [5.74, 6) is -0.209. The normalized spacial score (nSPS) is 23.3. The van der Waals surface area contributed by atoms with Crippen molar-refractivity contribution in [1.29, 1.82) is 0 Å².